The van der Waals surface area contributed by atoms with Crippen LogP contribution in [0.4, 0.5) is 11.4 Å². The third-order valence-corrected chi connectivity index (χ3v) is 6.05. The number of carbonyl (C=O) groups excluding carboxylic acids is 1. The molecule has 1 aromatic heterocycles. The van der Waals surface area contributed by atoms with E-state index < -0.39 is 0 Å². The maximum Gasteiger partial charge on any atom is 0.236 e. The fourth-order valence-electron chi connectivity index (χ4n) is 4.37. The predicted molar refractivity (Wildman–Crippen MR) is 135 cm³/mol. The van der Waals surface area contributed by atoms with E-state index in [1.54, 1.807) is 4.90 Å². The van der Waals surface area contributed by atoms with Gasteiger partial charge in [-0.2, -0.15) is 0 Å². The van der Waals surface area contributed by atoms with E-state index in [9.17, 15) is 4.79 Å². The van der Waals surface area contributed by atoms with Gasteiger partial charge in [-0.05, 0) is 59.4 Å². The lowest BCUT2D eigenvalue weighted by Crippen LogP contribution is -2.21. The van der Waals surface area contributed by atoms with E-state index in [-0.39, 0.29) is 5.91 Å². The second kappa shape index (κ2) is 9.89. The van der Waals surface area contributed by atoms with E-state index in [2.05, 4.69) is 47.4 Å². The maximum atomic E-state index is 12.9. The number of aromatic nitrogens is 1. The maximum absolute atomic E-state index is 12.9. The van der Waals surface area contributed by atoms with E-state index in [0.29, 0.717) is 25.3 Å². The van der Waals surface area contributed by atoms with Crippen molar-refractivity contribution < 1.29 is 9.53 Å². The van der Waals surface area contributed by atoms with Crippen molar-refractivity contribution >= 4 is 17.3 Å². The summed E-state index contributed by atoms with van der Waals surface area (Å²) in [5.74, 6) is 0.758. The second-order valence-electron chi connectivity index (χ2n) is 8.45. The lowest BCUT2D eigenvalue weighted by molar-refractivity contribution is -0.116. The van der Waals surface area contributed by atoms with Crippen LogP contribution in [0.5, 0.6) is 5.75 Å². The normalized spacial score (nSPS) is 12.6. The van der Waals surface area contributed by atoms with Crippen molar-refractivity contribution in [2.75, 3.05) is 18.1 Å². The Bertz CT molecular complexity index is 1300. The van der Waals surface area contributed by atoms with Gasteiger partial charge in [-0.15, -0.1) is 0 Å². The Hall–Kier alpha value is -3.96. The van der Waals surface area contributed by atoms with Crippen LogP contribution >= 0.6 is 0 Å². The highest BCUT2D eigenvalue weighted by Crippen LogP contribution is 2.39. The first kappa shape index (κ1) is 21.9. The lowest BCUT2D eigenvalue weighted by atomic mass is 10.00. The number of nitrogens with two attached hydrogens (primary N) is 1. The van der Waals surface area contributed by atoms with Crippen LogP contribution in [0, 0.1) is 0 Å². The smallest absolute Gasteiger partial charge is 0.236 e. The van der Waals surface area contributed by atoms with Crippen molar-refractivity contribution in [2.45, 2.75) is 19.3 Å². The molecule has 1 aliphatic heterocycles. The number of rotatable bonds is 8. The summed E-state index contributed by atoms with van der Waals surface area (Å²) in [7, 11) is 0. The van der Waals surface area contributed by atoms with Crippen LogP contribution in [-0.2, 0) is 24.1 Å². The zero-order valence-corrected chi connectivity index (χ0v) is 19.0. The molecule has 0 saturated carbocycles. The van der Waals surface area contributed by atoms with Gasteiger partial charge in [-0.3, -0.25) is 14.7 Å². The monoisotopic (exact) mass is 449 g/mol. The SMILES string of the molecule is NCCOc1cccc(N2C(=O)Cc3ccc(-c4cncc(CCc5ccccc5)c4)cc32)c1. The van der Waals surface area contributed by atoms with Crippen molar-refractivity contribution in [1.29, 1.82) is 0 Å². The summed E-state index contributed by atoms with van der Waals surface area (Å²) in [5, 5.41) is 0. The van der Waals surface area contributed by atoms with Gasteiger partial charge in [-0.1, -0.05) is 48.5 Å². The number of benzene rings is 3. The zero-order chi connectivity index (χ0) is 23.3. The van der Waals surface area contributed by atoms with Crippen molar-refractivity contribution in [2.24, 2.45) is 5.73 Å². The average molecular weight is 450 g/mol. The molecular formula is C29H27N3O2. The molecule has 0 spiro atoms. The van der Waals surface area contributed by atoms with Gasteiger partial charge in [0.05, 0.1) is 17.8 Å². The standard InChI is InChI=1S/C29H27N3O2/c30-13-14-34-27-8-4-7-26(18-27)32-28-16-23(11-12-24(28)17-29(32)33)25-15-22(19-31-20-25)10-9-21-5-2-1-3-6-21/h1-8,11-12,15-16,18-20H,9-10,13-14,17,30H2. The molecule has 34 heavy (non-hydrogen) atoms. The van der Waals surface area contributed by atoms with Crippen molar-refractivity contribution in [1.82, 2.24) is 4.98 Å². The molecule has 0 unspecified atom stereocenters. The molecule has 3 aromatic carbocycles. The summed E-state index contributed by atoms with van der Waals surface area (Å²) in [5.41, 5.74) is 12.9. The minimum atomic E-state index is 0.0536. The Morgan fingerprint density at radius 2 is 1.71 bits per heavy atom. The number of anilines is 2. The van der Waals surface area contributed by atoms with Gasteiger partial charge >= 0.3 is 0 Å². The number of pyridine rings is 1. The first-order valence-electron chi connectivity index (χ1n) is 11.6. The Balaban J connectivity index is 1.41. The minimum absolute atomic E-state index is 0.0536. The van der Waals surface area contributed by atoms with Crippen LogP contribution in [0.25, 0.3) is 11.1 Å². The third kappa shape index (κ3) is 4.70. The Morgan fingerprint density at radius 3 is 2.56 bits per heavy atom. The first-order chi connectivity index (χ1) is 16.7. The molecular weight excluding hydrogens is 422 g/mol. The van der Waals surface area contributed by atoms with Gasteiger partial charge in [0.15, 0.2) is 0 Å². The Morgan fingerprint density at radius 1 is 0.853 bits per heavy atom. The number of ether oxygens (including phenoxy) is 1. The van der Waals surface area contributed by atoms with Gasteiger partial charge in [0.1, 0.15) is 12.4 Å². The molecule has 2 N–H and O–H groups in total. The summed E-state index contributed by atoms with van der Waals surface area (Å²) < 4.78 is 5.67. The van der Waals surface area contributed by atoms with Gasteiger partial charge in [0, 0.05) is 30.6 Å². The Labute approximate surface area is 199 Å². The fraction of sp³-hybridized carbons (Fsp3) is 0.172. The number of aryl methyl sites for hydroxylation is 2. The van der Waals surface area contributed by atoms with Crippen LogP contribution in [0.2, 0.25) is 0 Å². The summed E-state index contributed by atoms with van der Waals surface area (Å²) in [6, 6.07) is 26.5. The highest BCUT2D eigenvalue weighted by Gasteiger charge is 2.29. The highest BCUT2D eigenvalue weighted by molar-refractivity contribution is 6.08. The number of amides is 1. The predicted octanol–water partition coefficient (Wildman–Crippen LogP) is 5.09. The molecule has 170 valence electrons. The van der Waals surface area contributed by atoms with Gasteiger partial charge in [0.2, 0.25) is 5.91 Å². The molecule has 5 heteroatoms. The first-order valence-corrected chi connectivity index (χ1v) is 11.6. The van der Waals surface area contributed by atoms with E-state index in [1.807, 2.05) is 48.8 Å². The summed E-state index contributed by atoms with van der Waals surface area (Å²) in [4.78, 5) is 19.2. The topological polar surface area (TPSA) is 68.5 Å². The molecule has 0 fully saturated rings. The summed E-state index contributed by atoms with van der Waals surface area (Å²) in [6.45, 7) is 0.878. The lowest BCUT2D eigenvalue weighted by Gasteiger charge is -2.19. The number of carbonyl (C=O) groups is 1. The molecule has 2 heterocycles. The number of nitrogens with zero attached hydrogens (tertiary/aromatic N) is 2. The van der Waals surface area contributed by atoms with Crippen LogP contribution in [0.3, 0.4) is 0 Å². The largest absolute Gasteiger partial charge is 0.492 e. The van der Waals surface area contributed by atoms with Crippen LogP contribution in [0.1, 0.15) is 16.7 Å². The molecule has 0 saturated heterocycles. The molecule has 1 aliphatic rings. The highest BCUT2D eigenvalue weighted by atomic mass is 16.5. The third-order valence-electron chi connectivity index (χ3n) is 6.05. The number of hydrogen-bond donors (Lipinski definition) is 1. The van der Waals surface area contributed by atoms with E-state index in [0.717, 1.165) is 40.9 Å². The van der Waals surface area contributed by atoms with Crippen LogP contribution in [-0.4, -0.2) is 24.0 Å². The molecule has 5 nitrogen and oxygen atoms in total. The summed E-state index contributed by atoms with van der Waals surface area (Å²) in [6.07, 6.45) is 6.11. The van der Waals surface area contributed by atoms with E-state index in [4.69, 9.17) is 10.5 Å². The van der Waals surface area contributed by atoms with Gasteiger partial charge in [0.25, 0.3) is 0 Å². The molecule has 0 radical (unpaired) electrons. The van der Waals surface area contributed by atoms with Gasteiger partial charge in [-0.25, -0.2) is 0 Å². The molecule has 4 aromatic rings. The molecule has 0 atom stereocenters. The van der Waals surface area contributed by atoms with E-state index >= 15 is 0 Å². The summed E-state index contributed by atoms with van der Waals surface area (Å²) >= 11 is 0. The molecule has 0 aliphatic carbocycles. The van der Waals surface area contributed by atoms with Crippen LogP contribution in [0.15, 0.2) is 91.3 Å². The van der Waals surface area contributed by atoms with Crippen LogP contribution < -0.4 is 15.4 Å². The second-order valence-corrected chi connectivity index (χ2v) is 8.45. The van der Waals surface area contributed by atoms with E-state index in [1.165, 1.54) is 11.1 Å². The Kier molecular flexibility index (Phi) is 6.36. The number of hydrogen-bond acceptors (Lipinski definition) is 4. The molecule has 5 rings (SSSR count). The average Bonchev–Trinajstić information content (AvgIpc) is 3.22. The van der Waals surface area contributed by atoms with Crippen molar-refractivity contribution in [3.8, 4) is 16.9 Å². The quantitative estimate of drug-likeness (QED) is 0.407. The van der Waals surface area contributed by atoms with Crippen molar-refractivity contribution in [3.05, 3.63) is 108 Å². The molecule has 0 bridgehead atoms. The fourth-order valence-corrected chi connectivity index (χ4v) is 4.37. The van der Waals surface area contributed by atoms with Gasteiger partial charge < -0.3 is 10.5 Å². The minimum Gasteiger partial charge on any atom is -0.492 e. The number of fused-ring (bicyclic) bond motifs is 1. The van der Waals surface area contributed by atoms with Crippen molar-refractivity contribution in [3.63, 3.8) is 0 Å². The zero-order valence-electron chi connectivity index (χ0n) is 19.0. The molecule has 1 amide bonds.